The van der Waals surface area contributed by atoms with Crippen LogP contribution < -0.4 is 5.56 Å². The number of hydrogen-bond acceptors (Lipinski definition) is 7. The zero-order chi connectivity index (χ0) is 23.5. The van der Waals surface area contributed by atoms with E-state index >= 15 is 0 Å². The van der Waals surface area contributed by atoms with Crippen LogP contribution in [0, 0.1) is 0 Å². The Labute approximate surface area is 204 Å². The van der Waals surface area contributed by atoms with Crippen LogP contribution in [0.5, 0.6) is 0 Å². The monoisotopic (exact) mass is 495 g/mol. The second-order valence-electron chi connectivity index (χ2n) is 7.59. The summed E-state index contributed by atoms with van der Waals surface area (Å²) in [4.78, 5) is 17.7. The molecule has 0 aliphatic carbocycles. The molecule has 2 aromatic carbocycles. The summed E-state index contributed by atoms with van der Waals surface area (Å²) in [6.07, 6.45) is 2.34. The molecule has 3 aromatic heterocycles. The van der Waals surface area contributed by atoms with E-state index in [0.29, 0.717) is 59.2 Å². The maximum absolute atomic E-state index is 13.2. The van der Waals surface area contributed by atoms with Crippen LogP contribution in [0.2, 0.25) is 5.02 Å². The Hall–Kier alpha value is -3.14. The number of ether oxygens (including phenoxy) is 1. The van der Waals surface area contributed by atoms with Crippen molar-refractivity contribution in [2.75, 3.05) is 13.2 Å². The van der Waals surface area contributed by atoms with Crippen LogP contribution in [-0.4, -0.2) is 37.4 Å². The van der Waals surface area contributed by atoms with E-state index in [9.17, 15) is 4.79 Å². The van der Waals surface area contributed by atoms with Gasteiger partial charge in [-0.15, -0.1) is 10.2 Å². The summed E-state index contributed by atoms with van der Waals surface area (Å²) >= 11 is 7.57. The fourth-order valence-corrected chi connectivity index (χ4v) is 4.77. The van der Waals surface area contributed by atoms with Crippen molar-refractivity contribution in [1.29, 1.82) is 0 Å². The minimum Gasteiger partial charge on any atom is -0.444 e. The Balaban J connectivity index is 1.45. The molecular weight excluding hydrogens is 474 g/mol. The topological polar surface area (TPSA) is 87.5 Å². The number of benzene rings is 2. The van der Waals surface area contributed by atoms with Gasteiger partial charge in [-0.05, 0) is 43.7 Å². The average Bonchev–Trinajstić information content (AvgIpc) is 3.50. The van der Waals surface area contributed by atoms with Crippen LogP contribution in [0.15, 0.2) is 69.2 Å². The molecule has 0 saturated carbocycles. The number of thioether (sulfide) groups is 1. The lowest BCUT2D eigenvalue weighted by atomic mass is 10.2. The van der Waals surface area contributed by atoms with Crippen molar-refractivity contribution in [2.24, 2.45) is 0 Å². The zero-order valence-corrected chi connectivity index (χ0v) is 20.1. The third-order valence-corrected chi connectivity index (χ3v) is 6.52. The Morgan fingerprint density at radius 2 is 2.03 bits per heavy atom. The first-order valence-electron chi connectivity index (χ1n) is 10.9. The molecule has 0 amide bonds. The van der Waals surface area contributed by atoms with Crippen molar-refractivity contribution in [1.82, 2.24) is 24.1 Å². The van der Waals surface area contributed by atoms with Gasteiger partial charge in [0.25, 0.3) is 5.56 Å². The normalized spacial score (nSPS) is 11.6. The summed E-state index contributed by atoms with van der Waals surface area (Å²) in [6, 6.07) is 14.9. The van der Waals surface area contributed by atoms with Crippen molar-refractivity contribution in [2.45, 2.75) is 30.8 Å². The van der Waals surface area contributed by atoms with Crippen molar-refractivity contribution in [3.63, 3.8) is 0 Å². The quantitative estimate of drug-likeness (QED) is 0.208. The Morgan fingerprint density at radius 1 is 1.15 bits per heavy atom. The number of para-hydroxylation sites is 1. The molecule has 34 heavy (non-hydrogen) atoms. The summed E-state index contributed by atoms with van der Waals surface area (Å²) in [5, 5.41) is 10.7. The number of oxazole rings is 1. The smallest absolute Gasteiger partial charge is 0.262 e. The van der Waals surface area contributed by atoms with Crippen molar-refractivity contribution in [3.8, 4) is 11.5 Å². The van der Waals surface area contributed by atoms with Crippen molar-refractivity contribution in [3.05, 3.63) is 75.9 Å². The molecule has 0 saturated heterocycles. The van der Waals surface area contributed by atoms with Gasteiger partial charge in [-0.1, -0.05) is 41.6 Å². The molecule has 0 unspecified atom stereocenters. The molecule has 0 radical (unpaired) electrons. The highest BCUT2D eigenvalue weighted by molar-refractivity contribution is 7.98. The highest BCUT2D eigenvalue weighted by Crippen LogP contribution is 2.27. The van der Waals surface area contributed by atoms with E-state index in [1.807, 2.05) is 59.9 Å². The lowest BCUT2D eigenvalue weighted by Gasteiger charge is -2.11. The molecule has 10 heteroatoms. The standard InChI is InChI=1S/C24H22ClN5O3S/c1-2-32-12-6-11-29-22(31)19-9-3-4-10-20(19)30-23(29)27-28-24(30)34-15-18-14-33-21(26-18)16-7-5-8-17(25)13-16/h3-5,7-10,13-14H,2,6,11-12,15H2,1H3. The highest BCUT2D eigenvalue weighted by Gasteiger charge is 2.17. The molecule has 5 rings (SSSR count). The number of fused-ring (bicyclic) bond motifs is 3. The zero-order valence-electron chi connectivity index (χ0n) is 18.5. The molecule has 0 spiro atoms. The third-order valence-electron chi connectivity index (χ3n) is 5.33. The SMILES string of the molecule is CCOCCCn1c(=O)c2ccccc2n2c(SCc3coc(-c4cccc(Cl)c4)n3)nnc12. The molecule has 174 valence electrons. The van der Waals surface area contributed by atoms with Crippen LogP contribution >= 0.6 is 23.4 Å². The van der Waals surface area contributed by atoms with Gasteiger partial charge >= 0.3 is 0 Å². The molecule has 5 aromatic rings. The van der Waals surface area contributed by atoms with Crippen LogP contribution in [0.4, 0.5) is 0 Å². The highest BCUT2D eigenvalue weighted by atomic mass is 35.5. The molecule has 8 nitrogen and oxygen atoms in total. The van der Waals surface area contributed by atoms with Crippen molar-refractivity contribution >= 4 is 40.0 Å². The van der Waals surface area contributed by atoms with E-state index in [1.165, 1.54) is 11.8 Å². The first kappa shape index (κ1) is 22.6. The average molecular weight is 496 g/mol. The molecule has 0 fully saturated rings. The van der Waals surface area contributed by atoms with E-state index in [1.54, 1.807) is 10.8 Å². The molecule has 0 N–H and O–H groups in total. The second kappa shape index (κ2) is 10.0. The predicted molar refractivity (Wildman–Crippen MR) is 132 cm³/mol. The summed E-state index contributed by atoms with van der Waals surface area (Å²) in [5.41, 5.74) is 2.28. The first-order chi connectivity index (χ1) is 16.7. The third kappa shape index (κ3) is 4.46. The van der Waals surface area contributed by atoms with E-state index in [2.05, 4.69) is 15.2 Å². The van der Waals surface area contributed by atoms with Gasteiger partial charge in [-0.25, -0.2) is 4.98 Å². The number of nitrogens with zero attached hydrogens (tertiary/aromatic N) is 5. The first-order valence-corrected chi connectivity index (χ1v) is 12.3. The molecule has 0 aliphatic rings. The van der Waals surface area contributed by atoms with E-state index in [-0.39, 0.29) is 5.56 Å². The van der Waals surface area contributed by atoms with Gasteiger partial charge in [0.1, 0.15) is 6.26 Å². The number of aromatic nitrogens is 5. The van der Waals surface area contributed by atoms with Gasteiger partial charge in [0.2, 0.25) is 11.7 Å². The molecular formula is C24H22ClN5O3S. The summed E-state index contributed by atoms with van der Waals surface area (Å²) in [7, 11) is 0. The van der Waals surface area contributed by atoms with E-state index in [0.717, 1.165) is 16.8 Å². The minimum atomic E-state index is -0.0776. The Morgan fingerprint density at radius 3 is 2.88 bits per heavy atom. The maximum Gasteiger partial charge on any atom is 0.262 e. The maximum atomic E-state index is 13.2. The second-order valence-corrected chi connectivity index (χ2v) is 8.96. The predicted octanol–water partition coefficient (Wildman–Crippen LogP) is 5.07. The van der Waals surface area contributed by atoms with Gasteiger partial charge in [-0.3, -0.25) is 13.8 Å². The molecule has 0 aliphatic heterocycles. The largest absolute Gasteiger partial charge is 0.444 e. The Bertz CT molecular complexity index is 1510. The van der Waals surface area contributed by atoms with Crippen LogP contribution in [0.3, 0.4) is 0 Å². The number of hydrogen-bond donors (Lipinski definition) is 0. The molecule has 0 atom stereocenters. The van der Waals surface area contributed by atoms with Gasteiger partial charge in [0.05, 0.1) is 16.6 Å². The lowest BCUT2D eigenvalue weighted by molar-refractivity contribution is 0.141. The Kier molecular flexibility index (Phi) is 6.66. The van der Waals surface area contributed by atoms with Crippen LogP contribution in [0.1, 0.15) is 19.0 Å². The number of rotatable bonds is 9. The van der Waals surface area contributed by atoms with Crippen LogP contribution in [-0.2, 0) is 17.0 Å². The number of aryl methyl sites for hydroxylation is 1. The fraction of sp³-hybridized carbons (Fsp3) is 0.250. The minimum absolute atomic E-state index is 0.0776. The number of halogens is 1. The lowest BCUT2D eigenvalue weighted by Crippen LogP contribution is -2.24. The molecule has 3 heterocycles. The summed E-state index contributed by atoms with van der Waals surface area (Å²) in [6.45, 7) is 3.69. The van der Waals surface area contributed by atoms with Gasteiger partial charge < -0.3 is 9.15 Å². The van der Waals surface area contributed by atoms with Gasteiger partial charge in [-0.2, -0.15) is 0 Å². The summed E-state index contributed by atoms with van der Waals surface area (Å²) < 4.78 is 14.7. The van der Waals surface area contributed by atoms with Crippen LogP contribution in [0.25, 0.3) is 28.1 Å². The van der Waals surface area contributed by atoms with Gasteiger partial charge in [0.15, 0.2) is 5.16 Å². The van der Waals surface area contributed by atoms with E-state index in [4.69, 9.17) is 20.8 Å². The summed E-state index contributed by atoms with van der Waals surface area (Å²) in [5.74, 6) is 1.56. The molecule has 0 bridgehead atoms. The fourth-order valence-electron chi connectivity index (χ4n) is 3.76. The van der Waals surface area contributed by atoms with Crippen molar-refractivity contribution < 1.29 is 9.15 Å². The van der Waals surface area contributed by atoms with E-state index < -0.39 is 0 Å². The van der Waals surface area contributed by atoms with Gasteiger partial charge in [0, 0.05) is 36.1 Å².